The van der Waals surface area contributed by atoms with Crippen LogP contribution in [0.4, 0.5) is 11.6 Å². The monoisotopic (exact) mass is 237 g/mol. The van der Waals surface area contributed by atoms with Gasteiger partial charge < -0.3 is 10.1 Å². The van der Waals surface area contributed by atoms with Crippen molar-refractivity contribution >= 4 is 11.6 Å². The highest BCUT2D eigenvalue weighted by Gasteiger charge is 2.15. The van der Waals surface area contributed by atoms with E-state index >= 15 is 0 Å². The van der Waals surface area contributed by atoms with Crippen LogP contribution in [0, 0.1) is 0 Å². The molecule has 0 amide bonds. The van der Waals surface area contributed by atoms with E-state index in [-0.39, 0.29) is 0 Å². The van der Waals surface area contributed by atoms with E-state index in [1.54, 1.807) is 7.11 Å². The second kappa shape index (κ2) is 5.67. The molecule has 1 saturated heterocycles. The molecule has 0 radical (unpaired) electrons. The maximum Gasteiger partial charge on any atom is 0.205 e. The van der Waals surface area contributed by atoms with E-state index in [9.17, 15) is 0 Å². The highest BCUT2D eigenvalue weighted by Crippen LogP contribution is 2.29. The first-order chi connectivity index (χ1) is 8.35. The summed E-state index contributed by atoms with van der Waals surface area (Å²) in [5, 5.41) is 5.16. The Bertz CT molecular complexity index is 365. The number of anilines is 2. The van der Waals surface area contributed by atoms with Crippen molar-refractivity contribution in [2.24, 2.45) is 0 Å². The van der Waals surface area contributed by atoms with Gasteiger partial charge in [-0.25, -0.2) is 15.0 Å². The number of nitrogens with one attached hydrogen (secondary N) is 2. The molecule has 1 fully saturated rings. The Kier molecular flexibility index (Phi) is 3.98. The number of aromatic nitrogens is 2. The fourth-order valence-corrected chi connectivity index (χ4v) is 1.98. The summed E-state index contributed by atoms with van der Waals surface area (Å²) in [5.74, 6) is 2.07. The first-order valence-corrected chi connectivity index (χ1v) is 5.93. The molecule has 6 heteroatoms. The standard InChI is InChI=1S/C11H19N5O/c1-12-10-9(17-2)11(14-8-13-10)15-16-6-4-3-5-7-16/h8H,3-7H2,1-2H3,(H2,12,13,14,15). The Balaban J connectivity index is 2.13. The lowest BCUT2D eigenvalue weighted by atomic mass is 10.2. The van der Waals surface area contributed by atoms with Gasteiger partial charge in [0.15, 0.2) is 11.6 Å². The Morgan fingerprint density at radius 2 is 1.88 bits per heavy atom. The van der Waals surface area contributed by atoms with Crippen LogP contribution >= 0.6 is 0 Å². The number of ether oxygens (including phenoxy) is 1. The van der Waals surface area contributed by atoms with E-state index in [4.69, 9.17) is 4.74 Å². The maximum absolute atomic E-state index is 5.33. The molecule has 1 aromatic rings. The van der Waals surface area contributed by atoms with E-state index in [2.05, 4.69) is 25.7 Å². The summed E-state index contributed by atoms with van der Waals surface area (Å²) in [6, 6.07) is 0. The molecular weight excluding hydrogens is 218 g/mol. The van der Waals surface area contributed by atoms with Crippen molar-refractivity contribution in [2.45, 2.75) is 19.3 Å². The summed E-state index contributed by atoms with van der Waals surface area (Å²) >= 11 is 0. The topological polar surface area (TPSA) is 62.3 Å². The number of hydrogen-bond acceptors (Lipinski definition) is 6. The van der Waals surface area contributed by atoms with Crippen molar-refractivity contribution in [1.82, 2.24) is 15.0 Å². The summed E-state index contributed by atoms with van der Waals surface area (Å²) < 4.78 is 5.33. The van der Waals surface area contributed by atoms with Gasteiger partial charge in [0.05, 0.1) is 7.11 Å². The van der Waals surface area contributed by atoms with Crippen LogP contribution in [0.5, 0.6) is 5.75 Å². The lowest BCUT2D eigenvalue weighted by Gasteiger charge is -2.28. The van der Waals surface area contributed by atoms with Crippen LogP contribution in [-0.4, -0.2) is 42.2 Å². The molecule has 17 heavy (non-hydrogen) atoms. The summed E-state index contributed by atoms with van der Waals surface area (Å²) in [4.78, 5) is 8.34. The van der Waals surface area contributed by atoms with Crippen LogP contribution in [-0.2, 0) is 0 Å². The second-order valence-corrected chi connectivity index (χ2v) is 4.01. The molecule has 0 spiro atoms. The minimum absolute atomic E-state index is 0.653. The number of hydrogen-bond donors (Lipinski definition) is 2. The molecule has 1 aromatic heterocycles. The minimum Gasteiger partial charge on any atom is -0.490 e. The average Bonchev–Trinajstić information content (AvgIpc) is 2.39. The zero-order valence-corrected chi connectivity index (χ0v) is 10.4. The van der Waals surface area contributed by atoms with Gasteiger partial charge in [0.1, 0.15) is 6.33 Å². The van der Waals surface area contributed by atoms with Crippen LogP contribution in [0.1, 0.15) is 19.3 Å². The lowest BCUT2D eigenvalue weighted by molar-refractivity contribution is 0.270. The van der Waals surface area contributed by atoms with Crippen molar-refractivity contribution in [3.8, 4) is 5.75 Å². The Hall–Kier alpha value is -1.56. The molecule has 2 heterocycles. The van der Waals surface area contributed by atoms with Crippen LogP contribution in [0.15, 0.2) is 6.33 Å². The SMILES string of the molecule is CNc1ncnc(NN2CCCCC2)c1OC. The summed E-state index contributed by atoms with van der Waals surface area (Å²) in [7, 11) is 3.44. The van der Waals surface area contributed by atoms with Crippen LogP contribution in [0.3, 0.4) is 0 Å². The molecule has 0 aromatic carbocycles. The summed E-state index contributed by atoms with van der Waals surface area (Å²) in [6.45, 7) is 2.09. The fourth-order valence-electron chi connectivity index (χ4n) is 1.98. The molecule has 0 bridgehead atoms. The summed E-state index contributed by atoms with van der Waals surface area (Å²) in [6.07, 6.45) is 5.28. The normalized spacial score (nSPS) is 16.6. The Morgan fingerprint density at radius 3 is 2.53 bits per heavy atom. The van der Waals surface area contributed by atoms with Gasteiger partial charge in [-0.05, 0) is 12.8 Å². The van der Waals surface area contributed by atoms with E-state index < -0.39 is 0 Å². The molecule has 1 aliphatic heterocycles. The molecule has 2 rings (SSSR count). The Labute approximate surface area is 101 Å². The predicted molar refractivity (Wildman–Crippen MR) is 67.2 cm³/mol. The number of hydrazine groups is 1. The van der Waals surface area contributed by atoms with Crippen LogP contribution < -0.4 is 15.5 Å². The van der Waals surface area contributed by atoms with Gasteiger partial charge in [0, 0.05) is 20.1 Å². The molecule has 0 unspecified atom stereocenters. The lowest BCUT2D eigenvalue weighted by Crippen LogP contribution is -2.35. The molecular formula is C11H19N5O. The van der Waals surface area contributed by atoms with Gasteiger partial charge in [0.25, 0.3) is 0 Å². The van der Waals surface area contributed by atoms with Crippen LogP contribution in [0.2, 0.25) is 0 Å². The second-order valence-electron chi connectivity index (χ2n) is 4.01. The van der Waals surface area contributed by atoms with Crippen molar-refractivity contribution in [3.05, 3.63) is 6.33 Å². The first-order valence-electron chi connectivity index (χ1n) is 5.93. The van der Waals surface area contributed by atoms with E-state index in [0.29, 0.717) is 17.4 Å². The Morgan fingerprint density at radius 1 is 1.18 bits per heavy atom. The van der Waals surface area contributed by atoms with Crippen molar-refractivity contribution in [3.63, 3.8) is 0 Å². The predicted octanol–water partition coefficient (Wildman–Crippen LogP) is 1.34. The molecule has 94 valence electrons. The molecule has 0 atom stereocenters. The third-order valence-corrected chi connectivity index (χ3v) is 2.86. The van der Waals surface area contributed by atoms with E-state index in [0.717, 1.165) is 13.1 Å². The van der Waals surface area contributed by atoms with Gasteiger partial charge in [0.2, 0.25) is 5.75 Å². The third-order valence-electron chi connectivity index (χ3n) is 2.86. The first kappa shape index (κ1) is 11.9. The van der Waals surface area contributed by atoms with Gasteiger partial charge in [-0.1, -0.05) is 6.42 Å². The number of rotatable bonds is 4. The smallest absolute Gasteiger partial charge is 0.205 e. The fraction of sp³-hybridized carbons (Fsp3) is 0.636. The zero-order chi connectivity index (χ0) is 12.1. The molecule has 0 saturated carbocycles. The van der Waals surface area contributed by atoms with Crippen molar-refractivity contribution < 1.29 is 4.74 Å². The van der Waals surface area contributed by atoms with Gasteiger partial charge in [-0.3, -0.25) is 5.43 Å². The van der Waals surface area contributed by atoms with E-state index in [1.807, 2.05) is 7.05 Å². The average molecular weight is 237 g/mol. The molecule has 1 aliphatic rings. The number of methoxy groups -OCH3 is 1. The quantitative estimate of drug-likeness (QED) is 0.824. The minimum atomic E-state index is 0.653. The number of nitrogens with zero attached hydrogens (tertiary/aromatic N) is 3. The van der Waals surface area contributed by atoms with E-state index in [1.165, 1.54) is 25.6 Å². The number of piperidine rings is 1. The summed E-state index contributed by atoms with van der Waals surface area (Å²) in [5.41, 5.74) is 3.29. The van der Waals surface area contributed by atoms with Crippen LogP contribution in [0.25, 0.3) is 0 Å². The zero-order valence-electron chi connectivity index (χ0n) is 10.4. The van der Waals surface area contributed by atoms with Gasteiger partial charge in [-0.2, -0.15) is 0 Å². The largest absolute Gasteiger partial charge is 0.490 e. The van der Waals surface area contributed by atoms with Crippen molar-refractivity contribution in [1.29, 1.82) is 0 Å². The molecule has 6 nitrogen and oxygen atoms in total. The molecule has 0 aliphatic carbocycles. The maximum atomic E-state index is 5.33. The highest BCUT2D eigenvalue weighted by molar-refractivity contribution is 5.62. The van der Waals surface area contributed by atoms with Crippen molar-refractivity contribution in [2.75, 3.05) is 38.0 Å². The van der Waals surface area contributed by atoms with Gasteiger partial charge >= 0.3 is 0 Å². The highest BCUT2D eigenvalue weighted by atomic mass is 16.5. The molecule has 2 N–H and O–H groups in total. The third kappa shape index (κ3) is 2.76. The van der Waals surface area contributed by atoms with Gasteiger partial charge in [-0.15, -0.1) is 0 Å².